The van der Waals surface area contributed by atoms with Crippen LogP contribution in [0.4, 0.5) is 8.78 Å². The van der Waals surface area contributed by atoms with E-state index in [2.05, 4.69) is 9.72 Å². The van der Waals surface area contributed by atoms with Crippen LogP contribution in [0.15, 0.2) is 43.0 Å². The Bertz CT molecular complexity index is 411. The molecule has 1 aromatic heterocycles. The van der Waals surface area contributed by atoms with Crippen LogP contribution < -0.4 is 4.74 Å². The summed E-state index contributed by atoms with van der Waals surface area (Å²) in [6.07, 6.45) is 5.04. The van der Waals surface area contributed by atoms with E-state index < -0.39 is 6.61 Å². The zero-order valence-corrected chi connectivity index (χ0v) is 7.68. The molecule has 0 spiro atoms. The minimum Gasteiger partial charge on any atom is -0.435 e. The second-order valence-electron chi connectivity index (χ2n) is 2.84. The van der Waals surface area contributed by atoms with Gasteiger partial charge in [0.05, 0.1) is 6.33 Å². The number of nitrogens with zero attached hydrogens (tertiary/aromatic N) is 2. The first-order chi connectivity index (χ1) is 7.25. The Hall–Kier alpha value is -1.91. The van der Waals surface area contributed by atoms with E-state index in [9.17, 15) is 8.78 Å². The molecular weight excluding hydrogens is 202 g/mol. The average Bonchev–Trinajstić information content (AvgIpc) is 2.71. The zero-order chi connectivity index (χ0) is 10.7. The van der Waals surface area contributed by atoms with E-state index in [1.165, 1.54) is 12.1 Å². The molecule has 0 aliphatic carbocycles. The fourth-order valence-electron chi connectivity index (χ4n) is 1.21. The molecule has 0 N–H and O–H groups in total. The van der Waals surface area contributed by atoms with Gasteiger partial charge in [-0.3, -0.25) is 0 Å². The third-order valence-corrected chi connectivity index (χ3v) is 1.86. The molecule has 0 aliphatic rings. The van der Waals surface area contributed by atoms with Crippen molar-refractivity contribution in [2.75, 3.05) is 0 Å². The Morgan fingerprint density at radius 3 is 2.47 bits per heavy atom. The summed E-state index contributed by atoms with van der Waals surface area (Å²) >= 11 is 0. The first kappa shape index (κ1) is 9.64. The van der Waals surface area contributed by atoms with Gasteiger partial charge in [0.2, 0.25) is 0 Å². The second-order valence-corrected chi connectivity index (χ2v) is 2.84. The van der Waals surface area contributed by atoms with Gasteiger partial charge in [-0.05, 0) is 24.3 Å². The van der Waals surface area contributed by atoms with E-state index >= 15 is 0 Å². The normalized spacial score (nSPS) is 10.6. The summed E-state index contributed by atoms with van der Waals surface area (Å²) in [5.41, 5.74) is 0.842. The van der Waals surface area contributed by atoms with E-state index in [-0.39, 0.29) is 5.75 Å². The van der Waals surface area contributed by atoms with Gasteiger partial charge in [-0.1, -0.05) is 0 Å². The Balaban J connectivity index is 2.17. The number of aromatic nitrogens is 2. The van der Waals surface area contributed by atoms with Crippen molar-refractivity contribution in [3.8, 4) is 11.4 Å². The first-order valence-corrected chi connectivity index (χ1v) is 4.29. The fraction of sp³-hybridized carbons (Fsp3) is 0.100. The van der Waals surface area contributed by atoms with Gasteiger partial charge in [0.25, 0.3) is 0 Å². The van der Waals surface area contributed by atoms with Crippen molar-refractivity contribution in [3.63, 3.8) is 0 Å². The molecule has 0 unspecified atom stereocenters. The molecule has 0 amide bonds. The van der Waals surface area contributed by atoms with Gasteiger partial charge >= 0.3 is 6.61 Å². The predicted octanol–water partition coefficient (Wildman–Crippen LogP) is 2.47. The number of hydrogen-bond acceptors (Lipinski definition) is 2. The van der Waals surface area contributed by atoms with E-state index in [0.29, 0.717) is 0 Å². The van der Waals surface area contributed by atoms with Crippen molar-refractivity contribution in [2.45, 2.75) is 6.61 Å². The summed E-state index contributed by atoms with van der Waals surface area (Å²) in [6.45, 7) is -2.79. The lowest BCUT2D eigenvalue weighted by atomic mass is 10.3. The summed E-state index contributed by atoms with van der Waals surface area (Å²) in [5, 5.41) is 0. The van der Waals surface area contributed by atoms with Gasteiger partial charge in [0.1, 0.15) is 5.75 Å². The predicted molar refractivity (Wildman–Crippen MR) is 50.2 cm³/mol. The van der Waals surface area contributed by atoms with Gasteiger partial charge in [-0.25, -0.2) is 4.98 Å². The minimum absolute atomic E-state index is 0.147. The highest BCUT2D eigenvalue weighted by Gasteiger charge is 2.03. The Morgan fingerprint density at radius 1 is 1.20 bits per heavy atom. The van der Waals surface area contributed by atoms with Gasteiger partial charge < -0.3 is 9.30 Å². The Morgan fingerprint density at radius 2 is 1.93 bits per heavy atom. The van der Waals surface area contributed by atoms with Crippen LogP contribution in [0.25, 0.3) is 5.69 Å². The maximum atomic E-state index is 11.9. The minimum atomic E-state index is -2.79. The lowest BCUT2D eigenvalue weighted by Gasteiger charge is -2.05. The highest BCUT2D eigenvalue weighted by atomic mass is 19.3. The number of hydrogen-bond donors (Lipinski definition) is 0. The van der Waals surface area contributed by atoms with Crippen molar-refractivity contribution >= 4 is 0 Å². The number of ether oxygens (including phenoxy) is 1. The van der Waals surface area contributed by atoms with Crippen LogP contribution in [-0.2, 0) is 0 Å². The third-order valence-electron chi connectivity index (χ3n) is 1.86. The van der Waals surface area contributed by atoms with Crippen LogP contribution >= 0.6 is 0 Å². The smallest absolute Gasteiger partial charge is 0.387 e. The molecule has 0 radical (unpaired) electrons. The van der Waals surface area contributed by atoms with Crippen LogP contribution in [0, 0.1) is 0 Å². The molecular formula is C10H8F2N2O. The topological polar surface area (TPSA) is 27.1 Å². The van der Waals surface area contributed by atoms with Crippen molar-refractivity contribution in [1.82, 2.24) is 9.55 Å². The van der Waals surface area contributed by atoms with Crippen molar-refractivity contribution in [1.29, 1.82) is 0 Å². The average molecular weight is 210 g/mol. The fourth-order valence-corrected chi connectivity index (χ4v) is 1.21. The van der Waals surface area contributed by atoms with Crippen LogP contribution in [-0.4, -0.2) is 16.2 Å². The number of imidazole rings is 1. The van der Waals surface area contributed by atoms with Crippen molar-refractivity contribution in [3.05, 3.63) is 43.0 Å². The van der Waals surface area contributed by atoms with Crippen LogP contribution in [0.3, 0.4) is 0 Å². The lowest BCUT2D eigenvalue weighted by Crippen LogP contribution is -2.01. The lowest BCUT2D eigenvalue weighted by molar-refractivity contribution is -0.0498. The molecule has 0 atom stereocenters. The van der Waals surface area contributed by atoms with Gasteiger partial charge in [0, 0.05) is 18.1 Å². The molecule has 2 aromatic rings. The highest BCUT2D eigenvalue weighted by molar-refractivity contribution is 5.37. The molecule has 5 heteroatoms. The van der Waals surface area contributed by atoms with E-state index in [0.717, 1.165) is 5.69 Å². The van der Waals surface area contributed by atoms with E-state index in [4.69, 9.17) is 0 Å². The maximum absolute atomic E-state index is 11.9. The second kappa shape index (κ2) is 4.08. The van der Waals surface area contributed by atoms with Crippen LogP contribution in [0.1, 0.15) is 0 Å². The Kier molecular flexibility index (Phi) is 2.62. The molecule has 0 saturated carbocycles. The van der Waals surface area contributed by atoms with E-state index in [1.54, 1.807) is 35.4 Å². The largest absolute Gasteiger partial charge is 0.435 e. The molecule has 3 nitrogen and oxygen atoms in total. The molecule has 0 fully saturated rings. The molecule has 0 bridgehead atoms. The molecule has 2 rings (SSSR count). The first-order valence-electron chi connectivity index (χ1n) is 4.29. The Labute approximate surface area is 84.9 Å². The molecule has 15 heavy (non-hydrogen) atoms. The third kappa shape index (κ3) is 2.31. The summed E-state index contributed by atoms with van der Waals surface area (Å²) < 4.78 is 29.7. The van der Waals surface area contributed by atoms with Gasteiger partial charge in [0.15, 0.2) is 0 Å². The molecule has 78 valence electrons. The summed E-state index contributed by atoms with van der Waals surface area (Å²) in [4.78, 5) is 3.88. The van der Waals surface area contributed by atoms with Gasteiger partial charge in [-0.15, -0.1) is 0 Å². The number of benzene rings is 1. The SMILES string of the molecule is FC(F)Oc1ccc(-n2ccnc2)cc1. The number of halogens is 2. The number of rotatable bonds is 3. The van der Waals surface area contributed by atoms with Gasteiger partial charge in [-0.2, -0.15) is 8.78 Å². The molecule has 0 aliphatic heterocycles. The summed E-state index contributed by atoms with van der Waals surface area (Å²) in [5.74, 6) is 0.147. The van der Waals surface area contributed by atoms with Crippen molar-refractivity contribution < 1.29 is 13.5 Å². The van der Waals surface area contributed by atoms with Crippen LogP contribution in [0.5, 0.6) is 5.75 Å². The summed E-state index contributed by atoms with van der Waals surface area (Å²) in [7, 11) is 0. The zero-order valence-electron chi connectivity index (χ0n) is 7.68. The summed E-state index contributed by atoms with van der Waals surface area (Å²) in [6, 6.07) is 6.34. The molecule has 1 aromatic carbocycles. The van der Waals surface area contributed by atoms with Crippen molar-refractivity contribution in [2.24, 2.45) is 0 Å². The molecule has 1 heterocycles. The quantitative estimate of drug-likeness (QED) is 0.778. The monoisotopic (exact) mass is 210 g/mol. The van der Waals surface area contributed by atoms with E-state index in [1.807, 2.05) is 0 Å². The molecule has 0 saturated heterocycles. The van der Waals surface area contributed by atoms with Crippen LogP contribution in [0.2, 0.25) is 0 Å². The maximum Gasteiger partial charge on any atom is 0.387 e. The standard InChI is InChI=1S/C10H8F2N2O/c11-10(12)15-9-3-1-8(2-4-9)14-6-5-13-7-14/h1-7,10H. The highest BCUT2D eigenvalue weighted by Crippen LogP contribution is 2.16. The number of alkyl halides is 2.